The number of aromatic nitrogens is 2. The van der Waals surface area contributed by atoms with Crippen molar-refractivity contribution in [2.75, 3.05) is 37.6 Å². The largest absolute Gasteiger partial charge is 0.471 e. The second-order valence-corrected chi connectivity index (χ2v) is 6.62. The minimum absolute atomic E-state index is 0.0523. The fourth-order valence-electron chi connectivity index (χ4n) is 3.41. The lowest BCUT2D eigenvalue weighted by Gasteiger charge is -2.22. The highest BCUT2D eigenvalue weighted by molar-refractivity contribution is 5.96. The van der Waals surface area contributed by atoms with Crippen LogP contribution in [0.15, 0.2) is 48.7 Å². The van der Waals surface area contributed by atoms with E-state index in [0.717, 1.165) is 12.1 Å². The van der Waals surface area contributed by atoms with Crippen LogP contribution in [0.25, 0.3) is 0 Å². The summed E-state index contributed by atoms with van der Waals surface area (Å²) in [6.45, 7) is 2.36. The molecule has 3 heterocycles. The van der Waals surface area contributed by atoms with Crippen LogP contribution in [0.1, 0.15) is 6.42 Å². The van der Waals surface area contributed by atoms with Gasteiger partial charge in [-0.3, -0.25) is 9.69 Å². The molecule has 8 nitrogen and oxygen atoms in total. The number of benzene rings is 1. The van der Waals surface area contributed by atoms with Crippen molar-refractivity contribution in [2.24, 2.45) is 0 Å². The highest BCUT2D eigenvalue weighted by Gasteiger charge is 2.34. The Bertz CT molecular complexity index is 802. The summed E-state index contributed by atoms with van der Waals surface area (Å²) in [5.74, 6) is 0.411. The van der Waals surface area contributed by atoms with E-state index in [0.29, 0.717) is 32.1 Å². The van der Waals surface area contributed by atoms with Gasteiger partial charge in [0.05, 0.1) is 6.54 Å². The fourth-order valence-corrected chi connectivity index (χ4v) is 3.41. The standard InChI is InChI=1S/C19H21N5O3/c25-18(22-10-8-16(13-22)27-17-7-4-9-20-21-17)14-23-11-12-24(19(23)26)15-5-2-1-3-6-15/h1-7,9,16H,8,10-14H2. The lowest BCUT2D eigenvalue weighted by Crippen LogP contribution is -2.42. The first-order valence-electron chi connectivity index (χ1n) is 9.04. The number of carbonyl (C=O) groups is 2. The maximum atomic E-state index is 12.6. The number of urea groups is 1. The number of ether oxygens (including phenoxy) is 1. The van der Waals surface area contributed by atoms with E-state index < -0.39 is 0 Å². The van der Waals surface area contributed by atoms with Crippen molar-refractivity contribution in [3.05, 3.63) is 48.7 Å². The van der Waals surface area contributed by atoms with Crippen LogP contribution in [0.5, 0.6) is 5.88 Å². The maximum absolute atomic E-state index is 12.6. The number of carbonyl (C=O) groups excluding carboxylic acids is 2. The van der Waals surface area contributed by atoms with Gasteiger partial charge >= 0.3 is 6.03 Å². The molecule has 0 spiro atoms. The van der Waals surface area contributed by atoms with Crippen LogP contribution in [-0.4, -0.2) is 70.8 Å². The third kappa shape index (κ3) is 3.84. The lowest BCUT2D eigenvalue weighted by atomic mass is 10.3. The maximum Gasteiger partial charge on any atom is 0.325 e. The monoisotopic (exact) mass is 367 g/mol. The van der Waals surface area contributed by atoms with Crippen molar-refractivity contribution < 1.29 is 14.3 Å². The van der Waals surface area contributed by atoms with Gasteiger partial charge in [0.25, 0.3) is 0 Å². The van der Waals surface area contributed by atoms with E-state index in [9.17, 15) is 9.59 Å². The summed E-state index contributed by atoms with van der Waals surface area (Å²) in [4.78, 5) is 30.3. The molecule has 2 aliphatic rings. The number of hydrogen-bond acceptors (Lipinski definition) is 5. The first kappa shape index (κ1) is 17.3. The van der Waals surface area contributed by atoms with Gasteiger partial charge in [0.1, 0.15) is 12.6 Å². The van der Waals surface area contributed by atoms with Crippen molar-refractivity contribution in [2.45, 2.75) is 12.5 Å². The Balaban J connectivity index is 1.30. The van der Waals surface area contributed by atoms with Gasteiger partial charge < -0.3 is 14.5 Å². The topological polar surface area (TPSA) is 78.9 Å². The highest BCUT2D eigenvalue weighted by Crippen LogP contribution is 2.21. The fraction of sp³-hybridized carbons (Fsp3) is 0.368. The minimum atomic E-state index is -0.124. The zero-order valence-electron chi connectivity index (χ0n) is 14.9. The Kier molecular flexibility index (Phi) is 4.86. The number of likely N-dealkylation sites (tertiary alicyclic amines) is 1. The average molecular weight is 367 g/mol. The third-order valence-corrected chi connectivity index (χ3v) is 4.82. The van der Waals surface area contributed by atoms with Gasteiger partial charge in [-0.15, -0.1) is 5.10 Å². The number of anilines is 1. The second-order valence-electron chi connectivity index (χ2n) is 6.62. The summed E-state index contributed by atoms with van der Waals surface area (Å²) < 4.78 is 5.77. The van der Waals surface area contributed by atoms with Crippen molar-refractivity contribution >= 4 is 17.6 Å². The van der Waals surface area contributed by atoms with Crippen LogP contribution in [0, 0.1) is 0 Å². The van der Waals surface area contributed by atoms with E-state index in [4.69, 9.17) is 4.74 Å². The van der Waals surface area contributed by atoms with Gasteiger partial charge in [0.2, 0.25) is 11.8 Å². The molecule has 1 aromatic carbocycles. The van der Waals surface area contributed by atoms with Crippen LogP contribution in [0.4, 0.5) is 10.5 Å². The van der Waals surface area contributed by atoms with Crippen LogP contribution < -0.4 is 9.64 Å². The Hall–Kier alpha value is -3.16. The van der Waals surface area contributed by atoms with E-state index in [1.54, 1.807) is 33.0 Å². The summed E-state index contributed by atoms with van der Waals surface area (Å²) in [5, 5.41) is 7.69. The molecule has 2 aliphatic heterocycles. The van der Waals surface area contributed by atoms with Crippen molar-refractivity contribution in [1.29, 1.82) is 0 Å². The van der Waals surface area contributed by atoms with E-state index in [2.05, 4.69) is 10.2 Å². The first-order valence-corrected chi connectivity index (χ1v) is 9.04. The molecule has 140 valence electrons. The van der Waals surface area contributed by atoms with Crippen LogP contribution in [0.3, 0.4) is 0 Å². The molecule has 4 rings (SSSR count). The first-order chi connectivity index (χ1) is 13.2. The zero-order valence-corrected chi connectivity index (χ0v) is 14.9. The Morgan fingerprint density at radius 3 is 2.74 bits per heavy atom. The van der Waals surface area contributed by atoms with Gasteiger partial charge in [-0.1, -0.05) is 18.2 Å². The zero-order chi connectivity index (χ0) is 18.6. The predicted molar refractivity (Wildman–Crippen MR) is 98.4 cm³/mol. The molecule has 2 saturated heterocycles. The van der Waals surface area contributed by atoms with E-state index in [1.165, 1.54) is 0 Å². The highest BCUT2D eigenvalue weighted by atomic mass is 16.5. The molecule has 3 amide bonds. The van der Waals surface area contributed by atoms with Crippen molar-refractivity contribution in [3.8, 4) is 5.88 Å². The molecular formula is C19H21N5O3. The van der Waals surface area contributed by atoms with Gasteiger partial charge in [-0.25, -0.2) is 4.79 Å². The molecule has 8 heteroatoms. The summed E-state index contributed by atoms with van der Waals surface area (Å²) in [6, 6.07) is 12.9. The molecule has 2 aromatic rings. The van der Waals surface area contributed by atoms with Gasteiger partial charge in [-0.05, 0) is 18.2 Å². The summed E-state index contributed by atoms with van der Waals surface area (Å²) in [5.41, 5.74) is 0.857. The number of amides is 3. The van der Waals surface area contributed by atoms with Crippen LogP contribution in [-0.2, 0) is 4.79 Å². The lowest BCUT2D eigenvalue weighted by molar-refractivity contribution is -0.130. The number of rotatable bonds is 5. The molecule has 1 atom stereocenters. The van der Waals surface area contributed by atoms with E-state index in [-0.39, 0.29) is 24.6 Å². The Morgan fingerprint density at radius 2 is 1.96 bits per heavy atom. The van der Waals surface area contributed by atoms with Gasteiger partial charge in [0, 0.05) is 44.0 Å². The molecular weight excluding hydrogens is 346 g/mol. The smallest absolute Gasteiger partial charge is 0.325 e. The second kappa shape index (κ2) is 7.61. The number of hydrogen-bond donors (Lipinski definition) is 0. The molecule has 0 bridgehead atoms. The van der Waals surface area contributed by atoms with Crippen molar-refractivity contribution in [3.63, 3.8) is 0 Å². The molecule has 0 N–H and O–H groups in total. The van der Waals surface area contributed by atoms with E-state index >= 15 is 0 Å². The quantitative estimate of drug-likeness (QED) is 0.798. The molecule has 0 aliphatic carbocycles. The Labute approximate surface area is 157 Å². The number of nitrogens with zero attached hydrogens (tertiary/aromatic N) is 5. The minimum Gasteiger partial charge on any atom is -0.471 e. The average Bonchev–Trinajstić information content (AvgIpc) is 3.31. The van der Waals surface area contributed by atoms with Crippen molar-refractivity contribution in [1.82, 2.24) is 20.0 Å². The van der Waals surface area contributed by atoms with Crippen LogP contribution in [0.2, 0.25) is 0 Å². The molecule has 27 heavy (non-hydrogen) atoms. The molecule has 2 fully saturated rings. The van der Waals surface area contributed by atoms with Gasteiger partial charge in [-0.2, -0.15) is 5.10 Å². The normalized spacial score (nSPS) is 19.6. The van der Waals surface area contributed by atoms with Gasteiger partial charge in [0.15, 0.2) is 0 Å². The molecule has 1 unspecified atom stereocenters. The van der Waals surface area contributed by atoms with Crippen LogP contribution >= 0.6 is 0 Å². The third-order valence-electron chi connectivity index (χ3n) is 4.82. The SMILES string of the molecule is O=C(CN1CCN(c2ccccc2)C1=O)N1CCC(Oc2cccnn2)C1. The predicted octanol–water partition coefficient (Wildman–Crippen LogP) is 1.40. The Morgan fingerprint density at radius 1 is 1.11 bits per heavy atom. The summed E-state index contributed by atoms with van der Waals surface area (Å²) >= 11 is 0. The summed E-state index contributed by atoms with van der Waals surface area (Å²) in [7, 11) is 0. The molecule has 0 radical (unpaired) electrons. The summed E-state index contributed by atoms with van der Waals surface area (Å²) in [6.07, 6.45) is 2.23. The molecule has 1 aromatic heterocycles. The molecule has 0 saturated carbocycles. The van der Waals surface area contributed by atoms with E-state index in [1.807, 2.05) is 30.3 Å². The number of para-hydroxylation sites is 1.